The first-order valence-corrected chi connectivity index (χ1v) is 8.56. The van der Waals surface area contributed by atoms with Crippen molar-refractivity contribution >= 4 is 9.84 Å². The van der Waals surface area contributed by atoms with Crippen LogP contribution in [-0.2, 0) is 9.84 Å². The number of piperidine rings is 1. The molecular formula is C14H22N2O2S. The molecule has 0 radical (unpaired) electrons. The van der Waals surface area contributed by atoms with Crippen molar-refractivity contribution in [2.24, 2.45) is 5.73 Å². The van der Waals surface area contributed by atoms with Gasteiger partial charge >= 0.3 is 0 Å². The Morgan fingerprint density at radius 2 is 1.95 bits per heavy atom. The third kappa shape index (κ3) is 3.55. The highest BCUT2D eigenvalue weighted by Gasteiger charge is 2.22. The Kier molecular flexibility index (Phi) is 4.28. The van der Waals surface area contributed by atoms with Crippen molar-refractivity contribution in [2.45, 2.75) is 36.7 Å². The molecule has 1 aliphatic heterocycles. The lowest BCUT2D eigenvalue weighted by molar-refractivity contribution is 0.159. The molecule has 0 aromatic heterocycles. The summed E-state index contributed by atoms with van der Waals surface area (Å²) in [4.78, 5) is 2.74. The average Bonchev–Trinajstić information content (AvgIpc) is 2.37. The maximum absolute atomic E-state index is 11.4. The summed E-state index contributed by atoms with van der Waals surface area (Å²) in [5.74, 6) is 0. The second-order valence-corrected chi connectivity index (χ2v) is 7.43. The van der Waals surface area contributed by atoms with Gasteiger partial charge in [-0.1, -0.05) is 12.1 Å². The Balaban J connectivity index is 2.13. The van der Waals surface area contributed by atoms with E-state index in [1.807, 2.05) is 12.1 Å². The minimum atomic E-state index is -3.11. The number of nitrogens with two attached hydrogens (primary N) is 1. The summed E-state index contributed by atoms with van der Waals surface area (Å²) in [6.07, 6.45) is 3.46. The van der Waals surface area contributed by atoms with Crippen molar-refractivity contribution in [3.05, 3.63) is 29.8 Å². The fourth-order valence-corrected chi connectivity index (χ4v) is 3.23. The molecule has 0 bridgehead atoms. The van der Waals surface area contributed by atoms with Gasteiger partial charge in [0.2, 0.25) is 0 Å². The van der Waals surface area contributed by atoms with Crippen molar-refractivity contribution < 1.29 is 8.42 Å². The SMILES string of the molecule is CC(c1ccc(S(C)(=O)=O)cc1)N1CCCC(N)C1. The van der Waals surface area contributed by atoms with E-state index < -0.39 is 9.84 Å². The predicted octanol–water partition coefficient (Wildman–Crippen LogP) is 1.57. The van der Waals surface area contributed by atoms with E-state index in [1.165, 1.54) is 6.26 Å². The molecule has 2 rings (SSSR count). The number of likely N-dealkylation sites (tertiary alicyclic amines) is 1. The van der Waals surface area contributed by atoms with Crippen LogP contribution < -0.4 is 5.73 Å². The van der Waals surface area contributed by atoms with Crippen LogP contribution in [-0.4, -0.2) is 38.7 Å². The number of rotatable bonds is 3. The van der Waals surface area contributed by atoms with Gasteiger partial charge in [-0.2, -0.15) is 0 Å². The minimum absolute atomic E-state index is 0.256. The summed E-state index contributed by atoms with van der Waals surface area (Å²) >= 11 is 0. The van der Waals surface area contributed by atoms with Crippen LogP contribution in [0.15, 0.2) is 29.2 Å². The monoisotopic (exact) mass is 282 g/mol. The van der Waals surface area contributed by atoms with E-state index in [2.05, 4.69) is 11.8 Å². The van der Waals surface area contributed by atoms with Gasteiger partial charge in [-0.15, -0.1) is 0 Å². The van der Waals surface area contributed by atoms with Gasteiger partial charge < -0.3 is 5.73 Å². The first-order chi connectivity index (χ1) is 8.88. The topological polar surface area (TPSA) is 63.4 Å². The normalized spacial score (nSPS) is 23.2. The van der Waals surface area contributed by atoms with E-state index in [1.54, 1.807) is 12.1 Å². The zero-order valence-corrected chi connectivity index (χ0v) is 12.4. The van der Waals surface area contributed by atoms with E-state index >= 15 is 0 Å². The summed E-state index contributed by atoms with van der Waals surface area (Å²) in [5.41, 5.74) is 7.14. The quantitative estimate of drug-likeness (QED) is 0.914. The van der Waals surface area contributed by atoms with Gasteiger partial charge in [-0.3, -0.25) is 4.90 Å². The maximum atomic E-state index is 11.4. The molecule has 0 saturated carbocycles. The Hall–Kier alpha value is -0.910. The Labute approximate surface area is 115 Å². The lowest BCUT2D eigenvalue weighted by Crippen LogP contribution is -2.43. The molecule has 1 heterocycles. The summed E-state index contributed by atoms with van der Waals surface area (Å²) in [5, 5.41) is 0. The molecule has 1 aromatic rings. The molecule has 0 amide bonds. The predicted molar refractivity (Wildman–Crippen MR) is 76.7 cm³/mol. The van der Waals surface area contributed by atoms with Gasteiger partial charge in [0.05, 0.1) is 4.90 Å². The van der Waals surface area contributed by atoms with Crippen LogP contribution in [0.3, 0.4) is 0 Å². The summed E-state index contributed by atoms with van der Waals surface area (Å²) in [7, 11) is -3.11. The molecule has 1 aliphatic rings. The first-order valence-electron chi connectivity index (χ1n) is 6.67. The van der Waals surface area contributed by atoms with E-state index in [0.717, 1.165) is 31.5 Å². The summed E-state index contributed by atoms with van der Waals surface area (Å²) < 4.78 is 22.9. The van der Waals surface area contributed by atoms with Crippen LogP contribution in [0, 0.1) is 0 Å². The van der Waals surface area contributed by atoms with Gasteiger partial charge in [0, 0.05) is 24.9 Å². The van der Waals surface area contributed by atoms with Gasteiger partial charge in [0.25, 0.3) is 0 Å². The smallest absolute Gasteiger partial charge is 0.175 e. The molecule has 106 valence electrons. The molecule has 1 saturated heterocycles. The highest BCUT2D eigenvalue weighted by atomic mass is 32.2. The lowest BCUT2D eigenvalue weighted by Gasteiger charge is -2.35. The molecule has 19 heavy (non-hydrogen) atoms. The number of hydrogen-bond acceptors (Lipinski definition) is 4. The van der Waals surface area contributed by atoms with Crippen LogP contribution >= 0.6 is 0 Å². The van der Waals surface area contributed by atoms with Crippen LogP contribution in [0.1, 0.15) is 31.4 Å². The molecule has 2 N–H and O–H groups in total. The first kappa shape index (κ1) is 14.5. The van der Waals surface area contributed by atoms with Gasteiger partial charge in [-0.05, 0) is 44.0 Å². The molecule has 0 aliphatic carbocycles. The Bertz CT molecular complexity index is 525. The van der Waals surface area contributed by atoms with Crippen molar-refractivity contribution in [3.8, 4) is 0 Å². The molecule has 2 atom stereocenters. The molecule has 5 heteroatoms. The zero-order chi connectivity index (χ0) is 14.0. The Morgan fingerprint density at radius 3 is 2.47 bits per heavy atom. The molecular weight excluding hydrogens is 260 g/mol. The third-order valence-electron chi connectivity index (χ3n) is 3.83. The minimum Gasteiger partial charge on any atom is -0.327 e. The molecule has 1 aromatic carbocycles. The average molecular weight is 282 g/mol. The summed E-state index contributed by atoms with van der Waals surface area (Å²) in [6, 6.07) is 7.71. The number of sulfone groups is 1. The van der Waals surface area contributed by atoms with Gasteiger partial charge in [0.1, 0.15) is 0 Å². The number of hydrogen-bond donors (Lipinski definition) is 1. The van der Waals surface area contributed by atoms with Crippen molar-refractivity contribution in [1.29, 1.82) is 0 Å². The van der Waals surface area contributed by atoms with Crippen LogP contribution in [0.4, 0.5) is 0 Å². The van der Waals surface area contributed by atoms with Crippen molar-refractivity contribution in [2.75, 3.05) is 19.3 Å². The fraction of sp³-hybridized carbons (Fsp3) is 0.571. The zero-order valence-electron chi connectivity index (χ0n) is 11.5. The van der Waals surface area contributed by atoms with Crippen LogP contribution in [0.25, 0.3) is 0 Å². The molecule has 4 nitrogen and oxygen atoms in total. The van der Waals surface area contributed by atoms with E-state index in [-0.39, 0.29) is 12.1 Å². The van der Waals surface area contributed by atoms with E-state index in [4.69, 9.17) is 5.73 Å². The second-order valence-electron chi connectivity index (χ2n) is 5.41. The highest BCUT2D eigenvalue weighted by molar-refractivity contribution is 7.90. The largest absolute Gasteiger partial charge is 0.327 e. The molecule has 0 spiro atoms. The van der Waals surface area contributed by atoms with Crippen molar-refractivity contribution in [1.82, 2.24) is 4.90 Å². The third-order valence-corrected chi connectivity index (χ3v) is 4.96. The number of nitrogens with zero attached hydrogens (tertiary/aromatic N) is 1. The Morgan fingerprint density at radius 1 is 1.32 bits per heavy atom. The van der Waals surface area contributed by atoms with E-state index in [0.29, 0.717) is 4.90 Å². The highest BCUT2D eigenvalue weighted by Crippen LogP contribution is 2.24. The molecule has 1 fully saturated rings. The fourth-order valence-electron chi connectivity index (χ4n) is 2.60. The lowest BCUT2D eigenvalue weighted by atomic mass is 10.0. The van der Waals surface area contributed by atoms with Gasteiger partial charge in [0.15, 0.2) is 9.84 Å². The van der Waals surface area contributed by atoms with E-state index in [9.17, 15) is 8.42 Å². The molecule has 2 unspecified atom stereocenters. The van der Waals surface area contributed by atoms with Crippen molar-refractivity contribution in [3.63, 3.8) is 0 Å². The van der Waals surface area contributed by atoms with Crippen LogP contribution in [0.5, 0.6) is 0 Å². The standard InChI is InChI=1S/C14H22N2O2S/c1-11(16-9-3-4-13(15)10-16)12-5-7-14(8-6-12)19(2,17)18/h5-8,11,13H,3-4,9-10,15H2,1-2H3. The van der Waals surface area contributed by atoms with Crippen LogP contribution in [0.2, 0.25) is 0 Å². The summed E-state index contributed by atoms with van der Waals surface area (Å²) in [6.45, 7) is 4.12. The maximum Gasteiger partial charge on any atom is 0.175 e. The second kappa shape index (κ2) is 5.61. The number of benzene rings is 1. The van der Waals surface area contributed by atoms with Gasteiger partial charge in [-0.25, -0.2) is 8.42 Å².